The molecule has 0 bridgehead atoms. The van der Waals surface area contributed by atoms with Gasteiger partial charge in [-0.3, -0.25) is 9.36 Å². The molecule has 0 aliphatic rings. The van der Waals surface area contributed by atoms with Gasteiger partial charge in [0, 0.05) is 6.42 Å². The second kappa shape index (κ2) is 7.44. The SMILES string of the molecule is Cc1ccc(-n2c(Cc3ccccc3)nc3c(cnn3-c3ccccc3)c2=O)cc1. The van der Waals surface area contributed by atoms with Crippen molar-refractivity contribution in [3.8, 4) is 11.4 Å². The topological polar surface area (TPSA) is 52.7 Å². The van der Waals surface area contributed by atoms with Crippen LogP contribution < -0.4 is 5.56 Å². The summed E-state index contributed by atoms with van der Waals surface area (Å²) in [5, 5.41) is 4.96. The Morgan fingerprint density at radius 1 is 0.800 bits per heavy atom. The van der Waals surface area contributed by atoms with Crippen LogP contribution >= 0.6 is 0 Å². The third kappa shape index (κ3) is 3.20. The second-order valence-corrected chi connectivity index (χ2v) is 7.30. The first kappa shape index (κ1) is 18.1. The number of aryl methyl sites for hydroxylation is 1. The highest BCUT2D eigenvalue weighted by atomic mass is 16.1. The van der Waals surface area contributed by atoms with Crippen molar-refractivity contribution < 1.29 is 0 Å². The molecule has 0 saturated heterocycles. The van der Waals surface area contributed by atoms with E-state index in [-0.39, 0.29) is 5.56 Å². The van der Waals surface area contributed by atoms with E-state index in [4.69, 9.17) is 4.98 Å². The first-order valence-electron chi connectivity index (χ1n) is 9.87. The van der Waals surface area contributed by atoms with Crippen LogP contribution in [-0.2, 0) is 6.42 Å². The normalized spacial score (nSPS) is 11.1. The predicted octanol–water partition coefficient (Wildman–Crippen LogP) is 4.47. The smallest absolute Gasteiger partial charge is 0.268 e. The molecule has 5 aromatic rings. The molecule has 0 spiro atoms. The Balaban J connectivity index is 1.77. The second-order valence-electron chi connectivity index (χ2n) is 7.30. The third-order valence-corrected chi connectivity index (χ3v) is 5.17. The number of hydrogen-bond acceptors (Lipinski definition) is 3. The lowest BCUT2D eigenvalue weighted by Gasteiger charge is -2.14. The highest BCUT2D eigenvalue weighted by Gasteiger charge is 2.17. The third-order valence-electron chi connectivity index (χ3n) is 5.17. The van der Waals surface area contributed by atoms with Crippen molar-refractivity contribution in [2.45, 2.75) is 13.3 Å². The van der Waals surface area contributed by atoms with Crippen molar-refractivity contribution in [2.24, 2.45) is 0 Å². The molecule has 0 atom stereocenters. The van der Waals surface area contributed by atoms with E-state index in [0.29, 0.717) is 23.3 Å². The van der Waals surface area contributed by atoms with Crippen molar-refractivity contribution in [1.29, 1.82) is 0 Å². The minimum atomic E-state index is -0.114. The Bertz CT molecular complexity index is 1370. The molecule has 0 N–H and O–H groups in total. The highest BCUT2D eigenvalue weighted by Crippen LogP contribution is 2.19. The number of benzene rings is 3. The summed E-state index contributed by atoms with van der Waals surface area (Å²) in [5.74, 6) is 0.681. The highest BCUT2D eigenvalue weighted by molar-refractivity contribution is 5.76. The molecule has 0 unspecified atom stereocenters. The Hall–Kier alpha value is -3.99. The van der Waals surface area contributed by atoms with Crippen LogP contribution in [0.4, 0.5) is 0 Å². The zero-order valence-corrected chi connectivity index (χ0v) is 16.6. The van der Waals surface area contributed by atoms with Gasteiger partial charge in [0.1, 0.15) is 11.2 Å². The molecule has 3 aromatic carbocycles. The first-order chi connectivity index (χ1) is 14.7. The molecule has 30 heavy (non-hydrogen) atoms. The number of nitrogens with zero attached hydrogens (tertiary/aromatic N) is 4. The van der Waals surface area contributed by atoms with Gasteiger partial charge in [-0.05, 0) is 36.8 Å². The van der Waals surface area contributed by atoms with Gasteiger partial charge in [0.2, 0.25) is 0 Å². The van der Waals surface area contributed by atoms with E-state index in [0.717, 1.165) is 22.5 Å². The molecular formula is C25H20N4O. The standard InChI is InChI=1S/C25H20N4O/c1-18-12-14-20(15-13-18)28-23(16-19-8-4-2-5-9-19)27-24-22(25(28)30)17-26-29(24)21-10-6-3-7-11-21/h2-15,17H,16H2,1H3. The van der Waals surface area contributed by atoms with Crippen LogP contribution in [0.1, 0.15) is 17.0 Å². The van der Waals surface area contributed by atoms with E-state index in [2.05, 4.69) is 5.10 Å². The summed E-state index contributed by atoms with van der Waals surface area (Å²) in [6.45, 7) is 2.03. The molecule has 0 fully saturated rings. The maximum absolute atomic E-state index is 13.5. The minimum absolute atomic E-state index is 0.114. The first-order valence-corrected chi connectivity index (χ1v) is 9.87. The van der Waals surface area contributed by atoms with Crippen molar-refractivity contribution >= 4 is 11.0 Å². The lowest BCUT2D eigenvalue weighted by atomic mass is 10.1. The van der Waals surface area contributed by atoms with Crippen molar-refractivity contribution in [3.05, 3.63) is 118 Å². The van der Waals surface area contributed by atoms with Crippen molar-refractivity contribution in [2.75, 3.05) is 0 Å². The average molecular weight is 392 g/mol. The summed E-state index contributed by atoms with van der Waals surface area (Å²) in [6.07, 6.45) is 2.15. The van der Waals surface area contributed by atoms with Crippen molar-refractivity contribution in [3.63, 3.8) is 0 Å². The minimum Gasteiger partial charge on any atom is -0.268 e. The van der Waals surface area contributed by atoms with Gasteiger partial charge in [-0.2, -0.15) is 5.10 Å². The molecule has 5 heteroatoms. The molecule has 0 radical (unpaired) electrons. The molecule has 0 amide bonds. The molecule has 0 saturated carbocycles. The molecule has 146 valence electrons. The van der Waals surface area contributed by atoms with E-state index in [1.165, 1.54) is 0 Å². The number of para-hydroxylation sites is 1. The molecule has 0 aliphatic carbocycles. The predicted molar refractivity (Wildman–Crippen MR) is 118 cm³/mol. The monoisotopic (exact) mass is 392 g/mol. The van der Waals surface area contributed by atoms with Gasteiger partial charge in [0.05, 0.1) is 17.6 Å². The average Bonchev–Trinajstić information content (AvgIpc) is 3.21. The van der Waals surface area contributed by atoms with E-state index in [1.54, 1.807) is 15.4 Å². The van der Waals surface area contributed by atoms with E-state index in [9.17, 15) is 4.79 Å². The van der Waals surface area contributed by atoms with E-state index < -0.39 is 0 Å². The van der Waals surface area contributed by atoms with Crippen LogP contribution in [0, 0.1) is 6.92 Å². The fourth-order valence-corrected chi connectivity index (χ4v) is 3.63. The summed E-state index contributed by atoms with van der Waals surface area (Å²) in [4.78, 5) is 18.5. The van der Waals surface area contributed by atoms with Gasteiger partial charge in [-0.15, -0.1) is 0 Å². The van der Waals surface area contributed by atoms with Crippen LogP contribution in [0.5, 0.6) is 0 Å². The van der Waals surface area contributed by atoms with Crippen molar-refractivity contribution in [1.82, 2.24) is 19.3 Å². The van der Waals surface area contributed by atoms with Gasteiger partial charge < -0.3 is 0 Å². The zero-order chi connectivity index (χ0) is 20.5. The number of aromatic nitrogens is 4. The number of rotatable bonds is 4. The number of fused-ring (bicyclic) bond motifs is 1. The Labute approximate surface area is 173 Å². The summed E-state index contributed by atoms with van der Waals surface area (Å²) >= 11 is 0. The van der Waals surface area contributed by atoms with Crippen LogP contribution in [-0.4, -0.2) is 19.3 Å². The number of hydrogen-bond donors (Lipinski definition) is 0. The molecule has 2 aromatic heterocycles. The fourth-order valence-electron chi connectivity index (χ4n) is 3.63. The van der Waals surface area contributed by atoms with Crippen LogP contribution in [0.15, 0.2) is 95.9 Å². The Morgan fingerprint density at radius 3 is 2.17 bits per heavy atom. The summed E-state index contributed by atoms with van der Waals surface area (Å²) in [7, 11) is 0. The molecule has 5 nitrogen and oxygen atoms in total. The lowest BCUT2D eigenvalue weighted by Crippen LogP contribution is -2.24. The lowest BCUT2D eigenvalue weighted by molar-refractivity contribution is 0.830. The largest absolute Gasteiger partial charge is 0.269 e. The fraction of sp³-hybridized carbons (Fsp3) is 0.0800. The zero-order valence-electron chi connectivity index (χ0n) is 16.6. The van der Waals surface area contributed by atoms with Gasteiger partial charge >= 0.3 is 0 Å². The molecular weight excluding hydrogens is 372 g/mol. The molecule has 0 aliphatic heterocycles. The molecule has 2 heterocycles. The molecule has 5 rings (SSSR count). The van der Waals surface area contributed by atoms with E-state index >= 15 is 0 Å². The Morgan fingerprint density at radius 2 is 1.47 bits per heavy atom. The van der Waals surface area contributed by atoms with Crippen LogP contribution in [0.2, 0.25) is 0 Å². The van der Waals surface area contributed by atoms with Crippen LogP contribution in [0.3, 0.4) is 0 Å². The van der Waals surface area contributed by atoms with Gasteiger partial charge in [0.25, 0.3) is 5.56 Å². The van der Waals surface area contributed by atoms with Gasteiger partial charge in [-0.25, -0.2) is 9.67 Å². The summed E-state index contributed by atoms with van der Waals surface area (Å²) in [6, 6.07) is 27.8. The Kier molecular flexibility index (Phi) is 4.48. The van der Waals surface area contributed by atoms with Gasteiger partial charge in [0.15, 0.2) is 5.65 Å². The maximum Gasteiger partial charge on any atom is 0.269 e. The quantitative estimate of drug-likeness (QED) is 0.453. The van der Waals surface area contributed by atoms with E-state index in [1.807, 2.05) is 91.9 Å². The van der Waals surface area contributed by atoms with Crippen LogP contribution in [0.25, 0.3) is 22.4 Å². The summed E-state index contributed by atoms with van der Waals surface area (Å²) in [5.41, 5.74) is 4.37. The van der Waals surface area contributed by atoms with Gasteiger partial charge in [-0.1, -0.05) is 66.2 Å². The summed E-state index contributed by atoms with van der Waals surface area (Å²) < 4.78 is 3.43. The maximum atomic E-state index is 13.5.